The number of ether oxygens (including phenoxy) is 1. The molecule has 122 valence electrons. The maximum absolute atomic E-state index is 12.6. The highest BCUT2D eigenvalue weighted by molar-refractivity contribution is 5.92. The summed E-state index contributed by atoms with van der Waals surface area (Å²) in [7, 11) is 0. The van der Waals surface area contributed by atoms with Crippen molar-refractivity contribution in [2.24, 2.45) is 4.99 Å². The molecule has 5 heteroatoms. The smallest absolute Gasteiger partial charge is 0.414 e. The van der Waals surface area contributed by atoms with Gasteiger partial charge in [0.25, 0.3) is 0 Å². The van der Waals surface area contributed by atoms with Crippen LogP contribution in [-0.4, -0.2) is 24.3 Å². The van der Waals surface area contributed by atoms with Crippen molar-refractivity contribution >= 4 is 17.9 Å². The van der Waals surface area contributed by atoms with Gasteiger partial charge in [-0.15, -0.1) is 0 Å². The first-order valence-corrected chi connectivity index (χ1v) is 8.08. The number of carbonyl (C=O) groups excluding carboxylic acids is 2. The molecule has 1 aliphatic heterocycles. The fourth-order valence-electron chi connectivity index (χ4n) is 3.37. The summed E-state index contributed by atoms with van der Waals surface area (Å²) in [6.07, 6.45) is 4.85. The molecule has 0 bridgehead atoms. The minimum atomic E-state index is -0.538. The quantitative estimate of drug-likeness (QED) is 0.618. The van der Waals surface area contributed by atoms with Crippen molar-refractivity contribution in [3.8, 4) is 0 Å². The first-order valence-electron chi connectivity index (χ1n) is 8.08. The van der Waals surface area contributed by atoms with E-state index in [1.807, 2.05) is 39.0 Å². The molecule has 1 heterocycles. The number of isocyanates is 1. The second-order valence-corrected chi connectivity index (χ2v) is 7.28. The van der Waals surface area contributed by atoms with Gasteiger partial charge in [0.05, 0.1) is 5.69 Å². The van der Waals surface area contributed by atoms with E-state index < -0.39 is 11.1 Å². The predicted octanol–water partition coefficient (Wildman–Crippen LogP) is 3.70. The fourth-order valence-corrected chi connectivity index (χ4v) is 3.37. The lowest BCUT2D eigenvalue weighted by Crippen LogP contribution is -2.38. The van der Waals surface area contributed by atoms with Gasteiger partial charge in [0.2, 0.25) is 6.08 Å². The third-order valence-corrected chi connectivity index (χ3v) is 4.55. The summed E-state index contributed by atoms with van der Waals surface area (Å²) in [5, 5.41) is 0. The molecule has 1 amide bonds. The van der Waals surface area contributed by atoms with Crippen molar-refractivity contribution in [3.63, 3.8) is 0 Å². The van der Waals surface area contributed by atoms with E-state index in [-0.39, 0.29) is 6.09 Å². The second kappa shape index (κ2) is 5.50. The molecule has 23 heavy (non-hydrogen) atoms. The molecule has 0 unspecified atom stereocenters. The van der Waals surface area contributed by atoms with Gasteiger partial charge in [-0.25, -0.2) is 9.59 Å². The Morgan fingerprint density at radius 2 is 2.09 bits per heavy atom. The van der Waals surface area contributed by atoms with Gasteiger partial charge >= 0.3 is 6.09 Å². The summed E-state index contributed by atoms with van der Waals surface area (Å²) in [5.41, 5.74) is 1.89. The van der Waals surface area contributed by atoms with Crippen LogP contribution in [0.3, 0.4) is 0 Å². The Kier molecular flexibility index (Phi) is 3.77. The molecule has 0 radical (unpaired) electrons. The summed E-state index contributed by atoms with van der Waals surface area (Å²) in [5.74, 6) is 0. The molecule has 0 atom stereocenters. The Balaban J connectivity index is 2.02. The number of carbonyl (C=O) groups is 1. The molecule has 1 fully saturated rings. The summed E-state index contributed by atoms with van der Waals surface area (Å²) in [4.78, 5) is 29.2. The molecule has 0 saturated heterocycles. The molecular weight excluding hydrogens is 292 g/mol. The normalized spacial score (nSPS) is 18.7. The monoisotopic (exact) mass is 314 g/mol. The Labute approximate surface area is 136 Å². The highest BCUT2D eigenvalue weighted by Crippen LogP contribution is 2.50. The first-order chi connectivity index (χ1) is 10.9. The maximum atomic E-state index is 12.6. The number of para-hydroxylation sites is 1. The lowest BCUT2D eigenvalue weighted by molar-refractivity contribution is 0.0583. The standard InChI is InChI=1S/C18H22N2O3/c1-17(2,3)23-16(22)20-11-8-13-6-4-7-14(15(13)20)18(19-12-21)9-5-10-18/h4,6-7H,5,8-11H2,1-3H3. The van der Waals surface area contributed by atoms with E-state index in [1.165, 1.54) is 0 Å². The topological polar surface area (TPSA) is 59.0 Å². The van der Waals surface area contributed by atoms with Crippen molar-refractivity contribution in [1.29, 1.82) is 0 Å². The van der Waals surface area contributed by atoms with Crippen LogP contribution in [0, 0.1) is 0 Å². The van der Waals surface area contributed by atoms with Crippen LogP contribution in [0.15, 0.2) is 23.2 Å². The van der Waals surface area contributed by atoms with Crippen molar-refractivity contribution in [2.75, 3.05) is 11.4 Å². The average Bonchev–Trinajstić information content (AvgIpc) is 2.85. The van der Waals surface area contributed by atoms with E-state index in [0.717, 1.165) is 42.5 Å². The largest absolute Gasteiger partial charge is 0.443 e. The van der Waals surface area contributed by atoms with Crippen molar-refractivity contribution < 1.29 is 14.3 Å². The predicted molar refractivity (Wildman–Crippen MR) is 87.4 cm³/mol. The van der Waals surface area contributed by atoms with E-state index >= 15 is 0 Å². The molecule has 0 N–H and O–H groups in total. The molecule has 0 spiro atoms. The Hall–Kier alpha value is -2.13. The van der Waals surface area contributed by atoms with Crippen LogP contribution in [0.25, 0.3) is 0 Å². The SMILES string of the molecule is CC(C)(C)OC(=O)N1CCc2cccc(C3(N=C=O)CCC3)c21. The molecule has 1 aromatic carbocycles. The van der Waals surface area contributed by atoms with Crippen LogP contribution in [-0.2, 0) is 21.5 Å². The minimum absolute atomic E-state index is 0.340. The van der Waals surface area contributed by atoms with Crippen molar-refractivity contribution in [3.05, 3.63) is 29.3 Å². The fraction of sp³-hybridized carbons (Fsp3) is 0.556. The molecule has 2 aliphatic rings. The third kappa shape index (κ3) is 2.77. The van der Waals surface area contributed by atoms with E-state index in [2.05, 4.69) is 4.99 Å². The van der Waals surface area contributed by atoms with E-state index in [0.29, 0.717) is 6.54 Å². The highest BCUT2D eigenvalue weighted by atomic mass is 16.6. The third-order valence-electron chi connectivity index (χ3n) is 4.55. The van der Waals surface area contributed by atoms with Gasteiger partial charge < -0.3 is 4.74 Å². The molecule has 5 nitrogen and oxygen atoms in total. The van der Waals surface area contributed by atoms with Gasteiger partial charge in [-0.2, -0.15) is 4.99 Å². The minimum Gasteiger partial charge on any atom is -0.443 e. The Morgan fingerprint density at radius 1 is 1.35 bits per heavy atom. The number of benzene rings is 1. The number of nitrogens with zero attached hydrogens (tertiary/aromatic N) is 2. The van der Waals surface area contributed by atoms with Crippen LogP contribution in [0.2, 0.25) is 0 Å². The van der Waals surface area contributed by atoms with Gasteiger partial charge in [-0.1, -0.05) is 18.2 Å². The number of fused-ring (bicyclic) bond motifs is 1. The number of amides is 1. The Bertz CT molecular complexity index is 680. The molecule has 3 rings (SSSR count). The zero-order chi connectivity index (χ0) is 16.7. The molecule has 1 aliphatic carbocycles. The number of aliphatic imine (C=N–C) groups is 1. The van der Waals surface area contributed by atoms with Crippen molar-refractivity contribution in [1.82, 2.24) is 0 Å². The van der Waals surface area contributed by atoms with E-state index in [1.54, 1.807) is 11.0 Å². The highest BCUT2D eigenvalue weighted by Gasteiger charge is 2.44. The van der Waals surface area contributed by atoms with Crippen LogP contribution >= 0.6 is 0 Å². The van der Waals surface area contributed by atoms with Gasteiger partial charge in [-0.3, -0.25) is 4.90 Å². The number of hydrogen-bond acceptors (Lipinski definition) is 4. The first kappa shape index (κ1) is 15.8. The van der Waals surface area contributed by atoms with E-state index in [9.17, 15) is 9.59 Å². The number of hydrogen-bond donors (Lipinski definition) is 0. The maximum Gasteiger partial charge on any atom is 0.414 e. The second-order valence-electron chi connectivity index (χ2n) is 7.28. The summed E-state index contributed by atoms with van der Waals surface area (Å²) in [6, 6.07) is 5.98. The summed E-state index contributed by atoms with van der Waals surface area (Å²) in [6.45, 7) is 6.18. The number of anilines is 1. The van der Waals surface area contributed by atoms with Crippen LogP contribution in [0.5, 0.6) is 0 Å². The zero-order valence-electron chi connectivity index (χ0n) is 13.9. The van der Waals surface area contributed by atoms with Gasteiger partial charge in [0, 0.05) is 12.1 Å². The molecule has 1 saturated carbocycles. The lowest BCUT2D eigenvalue weighted by atomic mass is 9.71. The van der Waals surface area contributed by atoms with Gasteiger partial charge in [0.1, 0.15) is 11.1 Å². The van der Waals surface area contributed by atoms with E-state index in [4.69, 9.17) is 4.74 Å². The summed E-state index contributed by atoms with van der Waals surface area (Å²) >= 11 is 0. The van der Waals surface area contributed by atoms with Gasteiger partial charge in [-0.05, 0) is 52.0 Å². The van der Waals surface area contributed by atoms with Crippen LogP contribution in [0.4, 0.5) is 10.5 Å². The van der Waals surface area contributed by atoms with Crippen LogP contribution < -0.4 is 4.90 Å². The molecule has 1 aromatic rings. The zero-order valence-corrected chi connectivity index (χ0v) is 13.9. The number of rotatable bonds is 2. The van der Waals surface area contributed by atoms with Crippen LogP contribution in [0.1, 0.15) is 51.2 Å². The van der Waals surface area contributed by atoms with Crippen molar-refractivity contribution in [2.45, 2.75) is 57.6 Å². The molecule has 0 aromatic heterocycles. The average molecular weight is 314 g/mol. The molecular formula is C18H22N2O3. The summed E-state index contributed by atoms with van der Waals surface area (Å²) < 4.78 is 5.54. The Morgan fingerprint density at radius 3 is 2.65 bits per heavy atom. The lowest BCUT2D eigenvalue weighted by Gasteiger charge is -2.39. The van der Waals surface area contributed by atoms with Gasteiger partial charge in [0.15, 0.2) is 0 Å².